The summed E-state index contributed by atoms with van der Waals surface area (Å²) in [4.78, 5) is 14.6. The second-order valence-electron chi connectivity index (χ2n) is 6.81. The number of cyclic esters (lactones) is 1. The second-order valence-corrected chi connectivity index (χ2v) is 6.81. The minimum atomic E-state index is -0.271. The normalized spacial score (nSPS) is 32.0. The Morgan fingerprint density at radius 3 is 2.96 bits per heavy atom. The largest absolute Gasteiger partial charge is 0.460 e. The van der Waals surface area contributed by atoms with Crippen molar-refractivity contribution in [3.05, 3.63) is 29.3 Å². The van der Waals surface area contributed by atoms with Gasteiger partial charge in [0.25, 0.3) is 0 Å². The van der Waals surface area contributed by atoms with Crippen molar-refractivity contribution in [2.75, 3.05) is 24.3 Å². The number of fused-ring (bicyclic) bond motifs is 4. The number of nitrogen functional groups attached to an aromatic ring is 1. The number of benzene rings is 1. The Balaban J connectivity index is 1.70. The molecule has 0 amide bonds. The zero-order valence-electron chi connectivity index (χ0n) is 12.9. The van der Waals surface area contributed by atoms with E-state index in [0.717, 1.165) is 16.9 Å². The molecule has 1 aromatic carbocycles. The highest BCUT2D eigenvalue weighted by Crippen LogP contribution is 2.46. The number of nitrogens with two attached hydrogens (primary N) is 1. The Kier molecular flexibility index (Phi) is 2.54. The molecule has 1 saturated carbocycles. The van der Waals surface area contributed by atoms with Crippen LogP contribution in [0.3, 0.4) is 0 Å². The Labute approximate surface area is 134 Å². The Hall–Kier alpha value is -2.21. The number of nitrogens with zero attached hydrogens (tertiary/aromatic N) is 1. The zero-order chi connectivity index (χ0) is 15.7. The quantitative estimate of drug-likeness (QED) is 0.459. The Morgan fingerprint density at radius 2 is 2.17 bits per heavy atom. The van der Waals surface area contributed by atoms with Gasteiger partial charge in [-0.1, -0.05) is 0 Å². The van der Waals surface area contributed by atoms with Crippen molar-refractivity contribution in [3.63, 3.8) is 0 Å². The van der Waals surface area contributed by atoms with Crippen LogP contribution in [0.15, 0.2) is 23.8 Å². The van der Waals surface area contributed by atoms with Gasteiger partial charge in [0.2, 0.25) is 0 Å². The molecule has 1 aromatic rings. The van der Waals surface area contributed by atoms with Gasteiger partial charge in [-0.25, -0.2) is 4.79 Å². The van der Waals surface area contributed by atoms with E-state index in [1.807, 2.05) is 25.2 Å². The van der Waals surface area contributed by atoms with Crippen LogP contribution in [0, 0.1) is 5.92 Å². The molecule has 0 bridgehead atoms. The van der Waals surface area contributed by atoms with E-state index in [4.69, 9.17) is 15.2 Å². The minimum absolute atomic E-state index is 0.114. The summed E-state index contributed by atoms with van der Waals surface area (Å²) < 4.78 is 11.3. The maximum Gasteiger partial charge on any atom is 0.339 e. The summed E-state index contributed by atoms with van der Waals surface area (Å²) in [5.74, 6) is 0.308. The minimum Gasteiger partial charge on any atom is -0.460 e. The van der Waals surface area contributed by atoms with Crippen LogP contribution in [-0.4, -0.2) is 38.0 Å². The Morgan fingerprint density at radius 1 is 1.35 bits per heavy atom. The molecular weight excluding hydrogens is 294 g/mol. The number of likely N-dealkylation sites (N-methyl/N-ethyl adjacent to an activating group) is 1. The summed E-state index contributed by atoms with van der Waals surface area (Å²) >= 11 is 0. The molecular formula is C17H19N3O3. The molecule has 2 fully saturated rings. The molecule has 5 rings (SSSR count). The Bertz CT molecular complexity index is 741. The number of ether oxygens (including phenoxy) is 2. The van der Waals surface area contributed by atoms with Crippen molar-refractivity contribution in [2.24, 2.45) is 5.92 Å². The van der Waals surface area contributed by atoms with Gasteiger partial charge in [-0.15, -0.1) is 0 Å². The van der Waals surface area contributed by atoms with Crippen molar-refractivity contribution < 1.29 is 14.3 Å². The smallest absolute Gasteiger partial charge is 0.339 e. The molecule has 2 unspecified atom stereocenters. The molecule has 6 nitrogen and oxygen atoms in total. The van der Waals surface area contributed by atoms with Gasteiger partial charge in [0.05, 0.1) is 17.3 Å². The van der Waals surface area contributed by atoms with E-state index < -0.39 is 0 Å². The van der Waals surface area contributed by atoms with Gasteiger partial charge in [-0.3, -0.25) is 0 Å². The van der Waals surface area contributed by atoms with Crippen LogP contribution in [0.5, 0.6) is 0 Å². The maximum atomic E-state index is 12.6. The number of epoxide rings is 1. The molecule has 3 heterocycles. The number of nitrogens with one attached hydrogen (secondary N) is 1. The van der Waals surface area contributed by atoms with Crippen LogP contribution in [0.25, 0.3) is 5.70 Å². The fourth-order valence-corrected chi connectivity index (χ4v) is 3.69. The van der Waals surface area contributed by atoms with Gasteiger partial charge in [-0.2, -0.15) is 0 Å². The fraction of sp³-hybridized carbons (Fsp3) is 0.471. The molecule has 120 valence electrons. The van der Waals surface area contributed by atoms with E-state index in [1.165, 1.54) is 12.8 Å². The van der Waals surface area contributed by atoms with Crippen LogP contribution in [0.4, 0.5) is 11.4 Å². The number of carbonyl (C=O) groups excluding carboxylic acids is 1. The average molecular weight is 313 g/mol. The van der Waals surface area contributed by atoms with Gasteiger partial charge in [0, 0.05) is 24.0 Å². The zero-order valence-corrected chi connectivity index (χ0v) is 12.9. The van der Waals surface area contributed by atoms with Crippen LogP contribution >= 0.6 is 0 Å². The third kappa shape index (κ3) is 1.94. The van der Waals surface area contributed by atoms with Crippen molar-refractivity contribution >= 4 is 23.0 Å². The van der Waals surface area contributed by atoms with Gasteiger partial charge in [-0.05, 0) is 37.0 Å². The third-order valence-corrected chi connectivity index (χ3v) is 5.21. The van der Waals surface area contributed by atoms with Gasteiger partial charge in [0.15, 0.2) is 6.23 Å². The second kappa shape index (κ2) is 4.41. The maximum absolute atomic E-state index is 12.6. The van der Waals surface area contributed by atoms with E-state index in [2.05, 4.69) is 10.2 Å². The van der Waals surface area contributed by atoms with Crippen LogP contribution in [0.2, 0.25) is 0 Å². The van der Waals surface area contributed by atoms with Crippen molar-refractivity contribution in [1.29, 1.82) is 0 Å². The van der Waals surface area contributed by atoms with E-state index in [9.17, 15) is 4.79 Å². The highest BCUT2D eigenvalue weighted by Gasteiger charge is 2.53. The lowest BCUT2D eigenvalue weighted by atomic mass is 10.0. The summed E-state index contributed by atoms with van der Waals surface area (Å²) in [6.45, 7) is 0.418. The average Bonchev–Trinajstić information content (AvgIpc) is 3.38. The molecule has 4 aliphatic rings. The van der Waals surface area contributed by atoms with E-state index >= 15 is 0 Å². The third-order valence-electron chi connectivity index (χ3n) is 5.21. The molecule has 23 heavy (non-hydrogen) atoms. The van der Waals surface area contributed by atoms with Crippen LogP contribution in [0.1, 0.15) is 18.4 Å². The lowest BCUT2D eigenvalue weighted by Crippen LogP contribution is -2.33. The summed E-state index contributed by atoms with van der Waals surface area (Å²) in [5.41, 5.74) is 10.1. The molecule has 0 radical (unpaired) electrons. The molecule has 3 N–H and O–H groups in total. The first-order valence-corrected chi connectivity index (χ1v) is 8.09. The summed E-state index contributed by atoms with van der Waals surface area (Å²) in [7, 11) is 1.98. The number of esters is 1. The standard InChI is InChI=1S/C17H19N3O3/c1-20-12-5-4-9(18)6-10(12)14-13(15-16(20)23-15)17(21)22-7-11(19-14)8-2-3-8/h4-6,8,11,15-16,19H,2-3,7,18H2,1H3/t11-,15?,16?/m1/s1. The number of rotatable bonds is 1. The predicted molar refractivity (Wildman–Crippen MR) is 85.4 cm³/mol. The summed E-state index contributed by atoms with van der Waals surface area (Å²) in [6, 6.07) is 5.97. The predicted octanol–water partition coefficient (Wildman–Crippen LogP) is 1.08. The molecule has 1 aliphatic carbocycles. The first-order valence-electron chi connectivity index (χ1n) is 8.09. The van der Waals surface area contributed by atoms with Gasteiger partial charge in [0.1, 0.15) is 12.7 Å². The van der Waals surface area contributed by atoms with Crippen LogP contribution < -0.4 is 16.0 Å². The van der Waals surface area contributed by atoms with E-state index in [1.54, 1.807) is 0 Å². The SMILES string of the molecule is CN1c2ccc(N)cc2C2=C(C(=O)OC[C@H](C3CC3)N2)C2OC21. The number of hydrogen-bond acceptors (Lipinski definition) is 6. The van der Waals surface area contributed by atoms with Gasteiger partial charge >= 0.3 is 5.97 Å². The molecule has 3 aliphatic heterocycles. The molecule has 1 saturated heterocycles. The first-order chi connectivity index (χ1) is 11.1. The monoisotopic (exact) mass is 313 g/mol. The van der Waals surface area contributed by atoms with Crippen molar-refractivity contribution in [1.82, 2.24) is 5.32 Å². The van der Waals surface area contributed by atoms with Crippen LogP contribution in [-0.2, 0) is 14.3 Å². The fourth-order valence-electron chi connectivity index (χ4n) is 3.69. The molecule has 0 aromatic heterocycles. The van der Waals surface area contributed by atoms with Crippen molar-refractivity contribution in [3.8, 4) is 0 Å². The summed E-state index contributed by atoms with van der Waals surface area (Å²) in [6.07, 6.45) is 2.02. The number of anilines is 2. The molecule has 0 spiro atoms. The topological polar surface area (TPSA) is 80.1 Å². The van der Waals surface area contributed by atoms with E-state index in [-0.39, 0.29) is 24.3 Å². The summed E-state index contributed by atoms with van der Waals surface area (Å²) in [5, 5.41) is 3.58. The first kappa shape index (κ1) is 13.2. The highest BCUT2D eigenvalue weighted by atomic mass is 16.6. The number of hydrogen-bond donors (Lipinski definition) is 2. The lowest BCUT2D eigenvalue weighted by Gasteiger charge is -2.23. The molecule has 3 atom stereocenters. The lowest BCUT2D eigenvalue weighted by molar-refractivity contribution is -0.139. The number of carbonyl (C=O) groups is 1. The van der Waals surface area contributed by atoms with Crippen molar-refractivity contribution in [2.45, 2.75) is 31.2 Å². The molecule has 6 heteroatoms. The highest BCUT2D eigenvalue weighted by molar-refractivity contribution is 6.02. The van der Waals surface area contributed by atoms with E-state index in [0.29, 0.717) is 23.8 Å². The van der Waals surface area contributed by atoms with Gasteiger partial charge < -0.3 is 25.4 Å².